The number of benzene rings is 1. The molecule has 30 heavy (non-hydrogen) atoms. The van der Waals surface area contributed by atoms with Crippen LogP contribution in [0.15, 0.2) is 28.6 Å². The van der Waals surface area contributed by atoms with Gasteiger partial charge in [-0.3, -0.25) is 9.89 Å². The van der Waals surface area contributed by atoms with Crippen molar-refractivity contribution >= 4 is 41.3 Å². The number of aliphatic imine (C=N–C) groups is 1. The maximum atomic E-state index is 5.38. The third-order valence-electron chi connectivity index (χ3n) is 4.99. The Morgan fingerprint density at radius 1 is 1.27 bits per heavy atom. The molecule has 9 heteroatoms. The molecule has 1 saturated heterocycles. The van der Waals surface area contributed by atoms with Crippen LogP contribution in [0.4, 0.5) is 0 Å². The van der Waals surface area contributed by atoms with Crippen LogP contribution >= 0.6 is 35.3 Å². The minimum atomic E-state index is 0. The van der Waals surface area contributed by atoms with Gasteiger partial charge in [0.15, 0.2) is 5.96 Å². The van der Waals surface area contributed by atoms with Crippen molar-refractivity contribution in [1.82, 2.24) is 20.5 Å². The van der Waals surface area contributed by atoms with Crippen LogP contribution in [0.25, 0.3) is 0 Å². The number of hydrogen-bond donors (Lipinski definition) is 2. The highest BCUT2D eigenvalue weighted by atomic mass is 127. The summed E-state index contributed by atoms with van der Waals surface area (Å²) >= 11 is 1.69. The van der Waals surface area contributed by atoms with Crippen molar-refractivity contribution in [1.29, 1.82) is 0 Å². The minimum absolute atomic E-state index is 0. The van der Waals surface area contributed by atoms with Gasteiger partial charge in [0, 0.05) is 57.1 Å². The van der Waals surface area contributed by atoms with Gasteiger partial charge >= 0.3 is 0 Å². The summed E-state index contributed by atoms with van der Waals surface area (Å²) < 4.78 is 10.8. The van der Waals surface area contributed by atoms with E-state index in [-0.39, 0.29) is 24.0 Å². The summed E-state index contributed by atoms with van der Waals surface area (Å²) in [5, 5.41) is 10.2. The summed E-state index contributed by atoms with van der Waals surface area (Å²) in [6.45, 7) is 5.76. The van der Waals surface area contributed by atoms with E-state index in [0.717, 1.165) is 67.2 Å². The van der Waals surface area contributed by atoms with E-state index in [1.54, 1.807) is 25.6 Å². The lowest BCUT2D eigenvalue weighted by Crippen LogP contribution is -2.45. The van der Waals surface area contributed by atoms with Crippen LogP contribution in [0.2, 0.25) is 0 Å². The maximum absolute atomic E-state index is 5.38. The summed E-state index contributed by atoms with van der Waals surface area (Å²) in [5.41, 5.74) is 2.33. The molecule has 0 aliphatic carbocycles. The molecular formula is C21H32IN5O2S. The molecule has 1 aromatic carbocycles. The zero-order chi connectivity index (χ0) is 20.6. The fraction of sp³-hybridized carbons (Fsp3) is 0.524. The summed E-state index contributed by atoms with van der Waals surface area (Å²) in [5.74, 6) is 2.51. The van der Waals surface area contributed by atoms with Crippen LogP contribution in [0.5, 0.6) is 11.5 Å². The predicted molar refractivity (Wildman–Crippen MR) is 134 cm³/mol. The molecule has 2 N–H and O–H groups in total. The van der Waals surface area contributed by atoms with Gasteiger partial charge in [-0.05, 0) is 31.0 Å². The number of guanidine groups is 1. The highest BCUT2D eigenvalue weighted by molar-refractivity contribution is 14.0. The molecule has 0 saturated carbocycles. The van der Waals surface area contributed by atoms with Crippen molar-refractivity contribution in [3.8, 4) is 11.5 Å². The van der Waals surface area contributed by atoms with E-state index < -0.39 is 0 Å². The summed E-state index contributed by atoms with van der Waals surface area (Å²) in [7, 11) is 5.18. The third-order valence-corrected chi connectivity index (χ3v) is 5.82. The first-order chi connectivity index (χ1) is 14.1. The number of rotatable bonds is 8. The largest absolute Gasteiger partial charge is 0.497 e. The van der Waals surface area contributed by atoms with E-state index in [4.69, 9.17) is 9.47 Å². The molecule has 1 atom stereocenters. The first-order valence-electron chi connectivity index (χ1n) is 9.92. The molecule has 2 heterocycles. The number of hydrogen-bond acceptors (Lipinski definition) is 6. The Bertz CT molecular complexity index is 807. The number of likely N-dealkylation sites (tertiary alicyclic amines) is 1. The summed E-state index contributed by atoms with van der Waals surface area (Å²) in [6.07, 6.45) is 1.99. The molecule has 7 nitrogen and oxygen atoms in total. The highest BCUT2D eigenvalue weighted by Crippen LogP contribution is 2.24. The number of nitrogens with zero attached hydrogens (tertiary/aromatic N) is 3. The predicted octanol–water partition coefficient (Wildman–Crippen LogP) is 3.07. The van der Waals surface area contributed by atoms with Gasteiger partial charge in [0.25, 0.3) is 0 Å². The molecule has 0 radical (unpaired) electrons. The highest BCUT2D eigenvalue weighted by Gasteiger charge is 2.23. The quantitative estimate of drug-likeness (QED) is 0.302. The fourth-order valence-electron chi connectivity index (χ4n) is 3.53. The van der Waals surface area contributed by atoms with E-state index in [2.05, 4.69) is 43.0 Å². The Morgan fingerprint density at radius 3 is 2.60 bits per heavy atom. The van der Waals surface area contributed by atoms with E-state index in [1.165, 1.54) is 5.56 Å². The smallest absolute Gasteiger partial charge is 0.191 e. The van der Waals surface area contributed by atoms with Gasteiger partial charge in [0.05, 0.1) is 24.9 Å². The molecular weight excluding hydrogens is 513 g/mol. The van der Waals surface area contributed by atoms with E-state index in [0.29, 0.717) is 6.04 Å². The van der Waals surface area contributed by atoms with Gasteiger partial charge in [0.1, 0.15) is 11.5 Å². The molecule has 0 bridgehead atoms. The Labute approximate surface area is 200 Å². The van der Waals surface area contributed by atoms with Crippen LogP contribution in [0.3, 0.4) is 0 Å². The maximum Gasteiger partial charge on any atom is 0.191 e. The van der Waals surface area contributed by atoms with Crippen LogP contribution in [-0.4, -0.2) is 62.8 Å². The summed E-state index contributed by atoms with van der Waals surface area (Å²) in [6, 6.07) is 6.43. The number of aromatic nitrogens is 1. The molecule has 2 aromatic rings. The molecule has 0 amide bonds. The second-order valence-corrected chi connectivity index (χ2v) is 8.26. The lowest BCUT2D eigenvalue weighted by Gasteiger charge is -2.19. The Morgan fingerprint density at radius 2 is 2.00 bits per heavy atom. The molecule has 1 fully saturated rings. The Balaban J connectivity index is 0.00000320. The van der Waals surface area contributed by atoms with Crippen molar-refractivity contribution in [2.75, 3.05) is 40.9 Å². The van der Waals surface area contributed by atoms with Crippen LogP contribution in [-0.2, 0) is 13.0 Å². The SMILES string of the molecule is CN=C(NCCc1csc(C)n1)NC1CCN(Cc2cc(OC)cc(OC)c2)C1.I. The lowest BCUT2D eigenvalue weighted by atomic mass is 10.2. The molecule has 1 aliphatic rings. The number of methoxy groups -OCH3 is 2. The number of aryl methyl sites for hydroxylation is 1. The first-order valence-corrected chi connectivity index (χ1v) is 10.8. The van der Waals surface area contributed by atoms with Gasteiger partial charge in [-0.2, -0.15) is 0 Å². The zero-order valence-electron chi connectivity index (χ0n) is 18.1. The average Bonchev–Trinajstić information content (AvgIpc) is 3.35. The van der Waals surface area contributed by atoms with Gasteiger partial charge < -0.3 is 20.1 Å². The van der Waals surface area contributed by atoms with Gasteiger partial charge in [-0.25, -0.2) is 4.98 Å². The number of halogens is 1. The van der Waals surface area contributed by atoms with Crippen LogP contribution < -0.4 is 20.1 Å². The van der Waals surface area contributed by atoms with Crippen molar-refractivity contribution in [2.24, 2.45) is 4.99 Å². The standard InChI is InChI=1S/C21H31N5O2S.HI/c1-15-24-18(14-29-15)5-7-23-21(22-2)25-17-6-8-26(13-17)12-16-9-19(27-3)11-20(10-16)28-4;/h9-11,14,17H,5-8,12-13H2,1-4H3,(H2,22,23,25);1H. The van der Waals surface area contributed by atoms with Crippen molar-refractivity contribution in [3.05, 3.63) is 39.8 Å². The van der Waals surface area contributed by atoms with E-state index in [1.807, 2.05) is 20.0 Å². The second-order valence-electron chi connectivity index (χ2n) is 7.19. The van der Waals surface area contributed by atoms with Crippen molar-refractivity contribution in [3.63, 3.8) is 0 Å². The fourth-order valence-corrected chi connectivity index (χ4v) is 4.18. The van der Waals surface area contributed by atoms with Gasteiger partial charge in [0.2, 0.25) is 0 Å². The average molecular weight is 545 g/mol. The monoisotopic (exact) mass is 545 g/mol. The van der Waals surface area contributed by atoms with Gasteiger partial charge in [-0.15, -0.1) is 35.3 Å². The number of ether oxygens (including phenoxy) is 2. The topological polar surface area (TPSA) is 71.0 Å². The van der Waals surface area contributed by atoms with E-state index >= 15 is 0 Å². The third kappa shape index (κ3) is 7.28. The Hall–Kier alpha value is -1.59. The lowest BCUT2D eigenvalue weighted by molar-refractivity contribution is 0.321. The first kappa shape index (κ1) is 24.7. The molecule has 1 unspecified atom stereocenters. The molecule has 166 valence electrons. The van der Waals surface area contributed by atoms with Crippen LogP contribution in [0, 0.1) is 6.92 Å². The zero-order valence-corrected chi connectivity index (χ0v) is 21.3. The normalized spacial score (nSPS) is 16.8. The van der Waals surface area contributed by atoms with Crippen molar-refractivity contribution in [2.45, 2.75) is 32.4 Å². The molecule has 1 aliphatic heterocycles. The Kier molecular flexibility index (Phi) is 10.1. The molecule has 0 spiro atoms. The second kappa shape index (κ2) is 12.3. The van der Waals surface area contributed by atoms with Crippen molar-refractivity contribution < 1.29 is 9.47 Å². The van der Waals surface area contributed by atoms with E-state index in [9.17, 15) is 0 Å². The van der Waals surface area contributed by atoms with Crippen LogP contribution in [0.1, 0.15) is 22.7 Å². The molecule has 1 aromatic heterocycles. The number of nitrogens with one attached hydrogen (secondary N) is 2. The minimum Gasteiger partial charge on any atom is -0.497 e. The summed E-state index contributed by atoms with van der Waals surface area (Å²) in [4.78, 5) is 11.3. The molecule has 3 rings (SSSR count). The number of thiazole rings is 1. The van der Waals surface area contributed by atoms with Gasteiger partial charge in [-0.1, -0.05) is 0 Å².